The van der Waals surface area contributed by atoms with Crippen LogP contribution in [0.15, 0.2) is 47.4 Å². The topological polar surface area (TPSA) is 92.8 Å². The molecule has 0 aromatic heterocycles. The van der Waals surface area contributed by atoms with Gasteiger partial charge in [0.2, 0.25) is 5.91 Å². The van der Waals surface area contributed by atoms with Crippen LogP contribution < -0.4 is 10.2 Å². The average Bonchev–Trinajstić information content (AvgIpc) is 2.79. The standard InChI is InChI=1S/C24H29ClN2O5S/c1-3-32-24(29)19-9-7-18(8-10-19)15-23(28)26-17(2)21-16-20(33(25,30)31)11-12-22(21)27-13-5-4-6-14-27/h7-12,16-17H,3-6,13-15H2,1-2H3,(H,26,28). The zero-order valence-electron chi connectivity index (χ0n) is 18.8. The monoisotopic (exact) mass is 492 g/mol. The number of hydrogen-bond acceptors (Lipinski definition) is 6. The zero-order chi connectivity index (χ0) is 24.0. The van der Waals surface area contributed by atoms with Crippen LogP contribution in [0.4, 0.5) is 5.69 Å². The molecule has 0 saturated carbocycles. The van der Waals surface area contributed by atoms with Gasteiger partial charge in [0, 0.05) is 29.5 Å². The lowest BCUT2D eigenvalue weighted by Gasteiger charge is -2.32. The lowest BCUT2D eigenvalue weighted by Crippen LogP contribution is -2.33. The van der Waals surface area contributed by atoms with Crippen molar-refractivity contribution in [2.45, 2.75) is 50.5 Å². The summed E-state index contributed by atoms with van der Waals surface area (Å²) in [5.41, 5.74) is 2.80. The molecule has 2 aromatic carbocycles. The minimum atomic E-state index is -3.90. The first kappa shape index (κ1) is 25.1. The Morgan fingerprint density at radius 1 is 1.09 bits per heavy atom. The van der Waals surface area contributed by atoms with E-state index in [1.54, 1.807) is 43.3 Å². The van der Waals surface area contributed by atoms with E-state index in [9.17, 15) is 18.0 Å². The van der Waals surface area contributed by atoms with Gasteiger partial charge in [0.1, 0.15) is 0 Å². The van der Waals surface area contributed by atoms with Gasteiger partial charge in [0.25, 0.3) is 9.05 Å². The van der Waals surface area contributed by atoms with Crippen molar-refractivity contribution < 1.29 is 22.7 Å². The van der Waals surface area contributed by atoms with Crippen LogP contribution in [0.2, 0.25) is 0 Å². The van der Waals surface area contributed by atoms with Crippen molar-refractivity contribution in [3.8, 4) is 0 Å². The lowest BCUT2D eigenvalue weighted by atomic mass is 10.0. The van der Waals surface area contributed by atoms with Crippen LogP contribution in [0.3, 0.4) is 0 Å². The molecular weight excluding hydrogens is 464 g/mol. The minimum Gasteiger partial charge on any atom is -0.462 e. The third-order valence-electron chi connectivity index (χ3n) is 5.65. The maximum absolute atomic E-state index is 12.7. The van der Waals surface area contributed by atoms with E-state index in [2.05, 4.69) is 10.2 Å². The van der Waals surface area contributed by atoms with Gasteiger partial charge in [0.05, 0.1) is 29.5 Å². The molecule has 1 atom stereocenters. The van der Waals surface area contributed by atoms with E-state index in [1.165, 1.54) is 12.5 Å². The first-order valence-corrected chi connectivity index (χ1v) is 13.4. The number of halogens is 1. The molecule has 2 aromatic rings. The number of anilines is 1. The number of nitrogens with one attached hydrogen (secondary N) is 1. The van der Waals surface area contributed by atoms with Gasteiger partial charge >= 0.3 is 5.97 Å². The molecule has 0 bridgehead atoms. The summed E-state index contributed by atoms with van der Waals surface area (Å²) in [5, 5.41) is 2.97. The summed E-state index contributed by atoms with van der Waals surface area (Å²) in [6.07, 6.45) is 3.43. The summed E-state index contributed by atoms with van der Waals surface area (Å²) in [6, 6.07) is 11.1. The van der Waals surface area contributed by atoms with Crippen molar-refractivity contribution in [3.63, 3.8) is 0 Å². The van der Waals surface area contributed by atoms with Crippen molar-refractivity contribution in [1.29, 1.82) is 0 Å². The van der Waals surface area contributed by atoms with Crippen LogP contribution >= 0.6 is 10.7 Å². The maximum atomic E-state index is 12.7. The molecule has 1 saturated heterocycles. The Labute approximate surface area is 199 Å². The molecule has 1 aliphatic heterocycles. The molecule has 1 heterocycles. The fraction of sp³-hybridized carbons (Fsp3) is 0.417. The van der Waals surface area contributed by atoms with E-state index < -0.39 is 21.1 Å². The SMILES string of the molecule is CCOC(=O)c1ccc(CC(=O)NC(C)c2cc(S(=O)(=O)Cl)ccc2N2CCCCC2)cc1. The number of rotatable bonds is 8. The first-order chi connectivity index (χ1) is 15.7. The van der Waals surface area contributed by atoms with Gasteiger partial charge < -0.3 is 15.0 Å². The Kier molecular flexibility index (Phi) is 8.37. The Morgan fingerprint density at radius 3 is 2.36 bits per heavy atom. The Balaban J connectivity index is 1.75. The van der Waals surface area contributed by atoms with Gasteiger partial charge in [-0.15, -0.1) is 0 Å². The van der Waals surface area contributed by atoms with E-state index in [0.29, 0.717) is 17.7 Å². The number of piperidine rings is 1. The Hall–Kier alpha value is -2.58. The molecule has 3 rings (SSSR count). The molecule has 7 nitrogen and oxygen atoms in total. The average molecular weight is 493 g/mol. The molecule has 1 aliphatic rings. The molecule has 0 radical (unpaired) electrons. The van der Waals surface area contributed by atoms with E-state index in [1.807, 2.05) is 6.92 Å². The van der Waals surface area contributed by atoms with E-state index in [0.717, 1.165) is 37.2 Å². The molecule has 0 spiro atoms. The fourth-order valence-corrected chi connectivity index (χ4v) is 4.77. The molecule has 178 valence electrons. The lowest BCUT2D eigenvalue weighted by molar-refractivity contribution is -0.121. The summed E-state index contributed by atoms with van der Waals surface area (Å²) in [6.45, 7) is 5.63. The van der Waals surface area contributed by atoms with Gasteiger partial charge in [-0.3, -0.25) is 4.79 Å². The van der Waals surface area contributed by atoms with Crippen LogP contribution in [0, 0.1) is 0 Å². The summed E-state index contributed by atoms with van der Waals surface area (Å²) < 4.78 is 28.8. The zero-order valence-corrected chi connectivity index (χ0v) is 20.4. The molecule has 33 heavy (non-hydrogen) atoms. The fourth-order valence-electron chi connectivity index (χ4n) is 3.98. The quantitative estimate of drug-likeness (QED) is 0.438. The molecule has 0 aliphatic carbocycles. The van der Waals surface area contributed by atoms with Crippen LogP contribution in [0.1, 0.15) is 60.6 Å². The van der Waals surface area contributed by atoms with Crippen LogP contribution in [-0.4, -0.2) is 40.0 Å². The highest BCUT2D eigenvalue weighted by atomic mass is 35.7. The predicted molar refractivity (Wildman–Crippen MR) is 128 cm³/mol. The van der Waals surface area contributed by atoms with Crippen molar-refractivity contribution in [2.75, 3.05) is 24.6 Å². The number of carbonyl (C=O) groups is 2. The van der Waals surface area contributed by atoms with Gasteiger partial charge in [-0.2, -0.15) is 0 Å². The number of amides is 1. The van der Waals surface area contributed by atoms with Crippen LogP contribution in [0.5, 0.6) is 0 Å². The minimum absolute atomic E-state index is 0.00980. The molecule has 1 amide bonds. The highest BCUT2D eigenvalue weighted by Crippen LogP contribution is 2.32. The van der Waals surface area contributed by atoms with Gasteiger partial charge in [0.15, 0.2) is 0 Å². The Bertz CT molecular complexity index is 1100. The largest absolute Gasteiger partial charge is 0.462 e. The van der Waals surface area contributed by atoms with Gasteiger partial charge in [-0.05, 0) is 74.6 Å². The Morgan fingerprint density at radius 2 is 1.76 bits per heavy atom. The van der Waals surface area contributed by atoms with Gasteiger partial charge in [-0.1, -0.05) is 12.1 Å². The van der Waals surface area contributed by atoms with Crippen molar-refractivity contribution >= 4 is 37.3 Å². The number of carbonyl (C=O) groups excluding carboxylic acids is 2. The summed E-state index contributed by atoms with van der Waals surface area (Å²) in [7, 11) is 1.68. The number of hydrogen-bond donors (Lipinski definition) is 1. The molecule has 1 unspecified atom stereocenters. The number of nitrogens with zero attached hydrogens (tertiary/aromatic N) is 1. The third-order valence-corrected chi connectivity index (χ3v) is 7.00. The van der Waals surface area contributed by atoms with Crippen molar-refractivity contribution in [1.82, 2.24) is 5.32 Å². The first-order valence-electron chi connectivity index (χ1n) is 11.1. The predicted octanol–water partition coefficient (Wildman–Crippen LogP) is 4.20. The second-order valence-corrected chi connectivity index (χ2v) is 10.7. The van der Waals surface area contributed by atoms with Crippen molar-refractivity contribution in [2.24, 2.45) is 0 Å². The molecule has 1 fully saturated rings. The molecule has 9 heteroatoms. The second kappa shape index (κ2) is 11.0. The summed E-state index contributed by atoms with van der Waals surface area (Å²) in [5.74, 6) is -0.614. The van der Waals surface area contributed by atoms with E-state index in [4.69, 9.17) is 15.4 Å². The summed E-state index contributed by atoms with van der Waals surface area (Å²) in [4.78, 5) is 26.7. The molecular formula is C24H29ClN2O5S. The van der Waals surface area contributed by atoms with Crippen LogP contribution in [0.25, 0.3) is 0 Å². The van der Waals surface area contributed by atoms with Gasteiger partial charge in [-0.25, -0.2) is 13.2 Å². The highest BCUT2D eigenvalue weighted by molar-refractivity contribution is 8.13. The number of esters is 1. The highest BCUT2D eigenvalue weighted by Gasteiger charge is 2.22. The third kappa shape index (κ3) is 6.71. The van der Waals surface area contributed by atoms with E-state index in [-0.39, 0.29) is 17.2 Å². The normalized spacial score (nSPS) is 15.1. The smallest absolute Gasteiger partial charge is 0.338 e. The van der Waals surface area contributed by atoms with Crippen LogP contribution in [-0.2, 0) is 25.0 Å². The van der Waals surface area contributed by atoms with E-state index >= 15 is 0 Å². The second-order valence-electron chi connectivity index (χ2n) is 8.09. The maximum Gasteiger partial charge on any atom is 0.338 e. The number of benzene rings is 2. The number of ether oxygens (including phenoxy) is 1. The summed E-state index contributed by atoms with van der Waals surface area (Å²) >= 11 is 0. The van der Waals surface area contributed by atoms with Crippen molar-refractivity contribution in [3.05, 3.63) is 59.2 Å². The molecule has 1 N–H and O–H groups in total.